The van der Waals surface area contributed by atoms with Crippen LogP contribution >= 0.6 is 0 Å². The van der Waals surface area contributed by atoms with Crippen LogP contribution < -0.4 is 20.7 Å². The molecule has 0 bridgehead atoms. The lowest BCUT2D eigenvalue weighted by Crippen LogP contribution is -2.13. The van der Waals surface area contributed by atoms with Crippen molar-refractivity contribution in [3.63, 3.8) is 0 Å². The highest BCUT2D eigenvalue weighted by Crippen LogP contribution is 2.34. The van der Waals surface area contributed by atoms with Crippen LogP contribution in [0.3, 0.4) is 0 Å². The predicted molar refractivity (Wildman–Crippen MR) is 113 cm³/mol. The van der Waals surface area contributed by atoms with Gasteiger partial charge in [0.15, 0.2) is 17.9 Å². The molecule has 0 amide bonds. The highest BCUT2D eigenvalue weighted by molar-refractivity contribution is 5.97. The highest BCUT2D eigenvalue weighted by atomic mass is 16.6. The summed E-state index contributed by atoms with van der Waals surface area (Å²) in [5.74, 6) is 0.245. The molecule has 0 N–H and O–H groups in total. The Bertz CT molecular complexity index is 1430. The minimum absolute atomic E-state index is 0.210. The third-order valence-corrected chi connectivity index (χ3v) is 4.92. The largest absolute Gasteiger partial charge is 0.493 e. The highest BCUT2D eigenvalue weighted by Gasteiger charge is 2.18. The Kier molecular flexibility index (Phi) is 5.21. The van der Waals surface area contributed by atoms with Crippen LogP contribution in [0.2, 0.25) is 0 Å². The van der Waals surface area contributed by atoms with Gasteiger partial charge in [-0.1, -0.05) is 12.1 Å². The van der Waals surface area contributed by atoms with Crippen molar-refractivity contribution in [3.8, 4) is 22.6 Å². The van der Waals surface area contributed by atoms with E-state index in [1.807, 2.05) is 0 Å². The summed E-state index contributed by atoms with van der Waals surface area (Å²) in [5.41, 5.74) is 0.393. The summed E-state index contributed by atoms with van der Waals surface area (Å²) in [6.07, 6.45) is 0. The molecule has 0 saturated carbocycles. The molecule has 8 heteroatoms. The topological polar surface area (TPSA) is 105 Å². The van der Waals surface area contributed by atoms with Crippen molar-refractivity contribution in [1.29, 1.82) is 0 Å². The number of hydrogen-bond acceptors (Lipinski definition) is 8. The number of rotatable bonds is 5. The number of benzene rings is 2. The molecule has 4 aromatic rings. The maximum Gasteiger partial charge on any atom is 0.344 e. The third kappa shape index (κ3) is 3.63. The van der Waals surface area contributed by atoms with Crippen LogP contribution in [0.1, 0.15) is 5.56 Å². The average Bonchev–Trinajstić information content (AvgIpc) is 2.77. The van der Waals surface area contributed by atoms with Crippen LogP contribution in [-0.4, -0.2) is 26.8 Å². The number of hydrogen-bond donors (Lipinski definition) is 0. The van der Waals surface area contributed by atoms with Crippen LogP contribution in [0, 0.1) is 6.92 Å². The molecule has 2 aromatic heterocycles. The van der Waals surface area contributed by atoms with Gasteiger partial charge in [-0.25, -0.2) is 14.4 Å². The Morgan fingerprint density at radius 2 is 1.74 bits per heavy atom. The van der Waals surface area contributed by atoms with Gasteiger partial charge < -0.3 is 23.0 Å². The fraction of sp³-hybridized carbons (Fsp3) is 0.174. The number of methoxy groups -OCH3 is 2. The minimum atomic E-state index is -0.638. The summed E-state index contributed by atoms with van der Waals surface area (Å²) in [5, 5.41) is 1.17. The van der Waals surface area contributed by atoms with E-state index in [1.54, 1.807) is 43.3 Å². The number of para-hydroxylation sites is 1. The summed E-state index contributed by atoms with van der Waals surface area (Å²) in [7, 11) is 2.75. The predicted octanol–water partition coefficient (Wildman–Crippen LogP) is 3.44. The number of aryl methyl sites for hydroxylation is 1. The van der Waals surface area contributed by atoms with Gasteiger partial charge in [0.2, 0.25) is 0 Å². The number of esters is 1. The molecule has 0 unspecified atom stereocenters. The van der Waals surface area contributed by atoms with Crippen molar-refractivity contribution in [2.45, 2.75) is 6.92 Å². The van der Waals surface area contributed by atoms with Crippen LogP contribution in [-0.2, 0) is 9.53 Å². The van der Waals surface area contributed by atoms with Gasteiger partial charge in [0.05, 0.1) is 19.8 Å². The van der Waals surface area contributed by atoms with E-state index in [9.17, 15) is 14.4 Å². The quantitative estimate of drug-likeness (QED) is 0.356. The summed E-state index contributed by atoms with van der Waals surface area (Å²) >= 11 is 0. The van der Waals surface area contributed by atoms with E-state index in [4.69, 9.17) is 18.3 Å². The lowest BCUT2D eigenvalue weighted by molar-refractivity contribution is -0.142. The van der Waals surface area contributed by atoms with Crippen molar-refractivity contribution in [2.75, 3.05) is 20.8 Å². The van der Waals surface area contributed by atoms with Gasteiger partial charge in [-0.2, -0.15) is 0 Å². The van der Waals surface area contributed by atoms with Gasteiger partial charge in [0.25, 0.3) is 0 Å². The Balaban J connectivity index is 1.91. The van der Waals surface area contributed by atoms with E-state index < -0.39 is 17.2 Å². The molecule has 0 aliphatic heterocycles. The van der Waals surface area contributed by atoms with Gasteiger partial charge in [0.1, 0.15) is 11.3 Å². The lowest BCUT2D eigenvalue weighted by Gasteiger charge is -2.12. The summed E-state index contributed by atoms with van der Waals surface area (Å²) in [6.45, 7) is 1.40. The van der Waals surface area contributed by atoms with E-state index in [0.29, 0.717) is 39.0 Å². The molecule has 8 nitrogen and oxygen atoms in total. The van der Waals surface area contributed by atoms with E-state index >= 15 is 0 Å². The molecule has 31 heavy (non-hydrogen) atoms. The molecule has 4 rings (SSSR count). The zero-order valence-corrected chi connectivity index (χ0v) is 17.0. The van der Waals surface area contributed by atoms with Gasteiger partial charge in [0, 0.05) is 28.0 Å². The Labute approximate surface area is 175 Å². The van der Waals surface area contributed by atoms with E-state index in [-0.39, 0.29) is 17.8 Å². The monoisotopic (exact) mass is 422 g/mol. The second kappa shape index (κ2) is 7.98. The zero-order valence-electron chi connectivity index (χ0n) is 17.0. The molecule has 158 valence electrons. The van der Waals surface area contributed by atoms with Gasteiger partial charge in [-0.05, 0) is 31.2 Å². The van der Waals surface area contributed by atoms with Crippen LogP contribution in [0.5, 0.6) is 11.5 Å². The fourth-order valence-corrected chi connectivity index (χ4v) is 3.38. The summed E-state index contributed by atoms with van der Waals surface area (Å²) in [6, 6.07) is 11.4. The summed E-state index contributed by atoms with van der Waals surface area (Å²) < 4.78 is 26.2. The van der Waals surface area contributed by atoms with Crippen molar-refractivity contribution >= 4 is 27.9 Å². The average molecular weight is 422 g/mol. The number of ether oxygens (including phenoxy) is 3. The molecule has 0 saturated heterocycles. The first-order valence-electron chi connectivity index (χ1n) is 9.31. The fourth-order valence-electron chi connectivity index (χ4n) is 3.38. The second-order valence-electron chi connectivity index (χ2n) is 6.74. The van der Waals surface area contributed by atoms with Gasteiger partial charge in [-0.15, -0.1) is 0 Å². The van der Waals surface area contributed by atoms with Crippen LogP contribution in [0.15, 0.2) is 60.9 Å². The third-order valence-electron chi connectivity index (χ3n) is 4.92. The molecule has 0 aliphatic rings. The van der Waals surface area contributed by atoms with E-state index in [2.05, 4.69) is 4.74 Å². The number of carbonyl (C=O) groups excluding carboxylic acids is 1. The van der Waals surface area contributed by atoms with Crippen molar-refractivity contribution in [3.05, 3.63) is 68.9 Å². The van der Waals surface area contributed by atoms with E-state index in [1.165, 1.54) is 20.3 Å². The Hall–Kier alpha value is -4.07. The number of carbonyl (C=O) groups is 1. The smallest absolute Gasteiger partial charge is 0.344 e. The molecule has 0 atom stereocenters. The van der Waals surface area contributed by atoms with Crippen LogP contribution in [0.25, 0.3) is 33.1 Å². The lowest BCUT2D eigenvalue weighted by atomic mass is 10.0. The Morgan fingerprint density at radius 1 is 0.935 bits per heavy atom. The maximum absolute atomic E-state index is 12.8. The molecule has 0 fully saturated rings. The molecule has 0 aliphatic carbocycles. The first-order valence-corrected chi connectivity index (χ1v) is 9.31. The summed E-state index contributed by atoms with van der Waals surface area (Å²) in [4.78, 5) is 36.5. The van der Waals surface area contributed by atoms with Crippen LogP contribution in [0.4, 0.5) is 0 Å². The second-order valence-corrected chi connectivity index (χ2v) is 6.74. The Morgan fingerprint density at radius 3 is 2.48 bits per heavy atom. The normalized spacial score (nSPS) is 10.9. The minimum Gasteiger partial charge on any atom is -0.493 e. The van der Waals surface area contributed by atoms with Crippen molar-refractivity contribution < 1.29 is 27.8 Å². The molecule has 0 spiro atoms. The van der Waals surface area contributed by atoms with Crippen molar-refractivity contribution in [1.82, 2.24) is 0 Å². The van der Waals surface area contributed by atoms with Gasteiger partial charge in [-0.3, -0.25) is 0 Å². The molecular formula is C23H18O8. The molecule has 0 radical (unpaired) electrons. The van der Waals surface area contributed by atoms with Gasteiger partial charge >= 0.3 is 17.2 Å². The standard InChI is InChI=1S/C23H18O8/c1-12-17(29-11-20(25)28-3)8-7-14-15(10-19(24)30-21(12)14)16-9-13-5-4-6-18(27-2)22(13)31-23(16)26/h4-10H,11H2,1-3H3. The first kappa shape index (κ1) is 20.2. The first-order chi connectivity index (χ1) is 14.9. The van der Waals surface area contributed by atoms with E-state index in [0.717, 1.165) is 0 Å². The number of fused-ring (bicyclic) bond motifs is 2. The molecular weight excluding hydrogens is 404 g/mol. The maximum atomic E-state index is 12.8. The molecule has 2 heterocycles. The van der Waals surface area contributed by atoms with Crippen molar-refractivity contribution in [2.24, 2.45) is 0 Å². The molecule has 2 aromatic carbocycles. The SMILES string of the molecule is COC(=O)COc1ccc2c(-c3cc4cccc(OC)c4oc3=O)cc(=O)oc2c1C. The zero-order chi connectivity index (χ0) is 22.1.